The van der Waals surface area contributed by atoms with Crippen LogP contribution in [0.15, 0.2) is 24.3 Å². The lowest BCUT2D eigenvalue weighted by Gasteiger charge is -2.26. The Hall–Kier alpha value is -1.84. The number of amides is 1. The van der Waals surface area contributed by atoms with Gasteiger partial charge >= 0.3 is 5.97 Å². The maximum Gasteiger partial charge on any atom is 0.312 e. The van der Waals surface area contributed by atoms with Crippen molar-refractivity contribution in [2.24, 2.45) is 11.8 Å². The number of carbonyl (C=O) groups is 2. The van der Waals surface area contributed by atoms with Crippen LogP contribution < -0.4 is 4.90 Å². The van der Waals surface area contributed by atoms with Gasteiger partial charge in [0.05, 0.1) is 0 Å². The molecule has 1 N–H and O–H groups in total. The lowest BCUT2D eigenvalue weighted by atomic mass is 9.90. The molecule has 1 aliphatic heterocycles. The highest BCUT2D eigenvalue weighted by molar-refractivity contribution is 6.00. The standard InChI is InChI=1S/C17H23NO3/c1-4-7-12(11(2)3)16(19)18-10-14(17(20)21)13-8-5-6-9-15(13)18/h5-6,8-9,11-12,14H,4,7,10H2,1-3H3,(H,20,21). The maximum atomic E-state index is 12.8. The summed E-state index contributed by atoms with van der Waals surface area (Å²) in [6.07, 6.45) is 1.79. The molecule has 114 valence electrons. The second-order valence-electron chi connectivity index (χ2n) is 6.04. The monoisotopic (exact) mass is 289 g/mol. The Morgan fingerprint density at radius 2 is 2.00 bits per heavy atom. The molecule has 2 atom stereocenters. The molecule has 1 amide bonds. The van der Waals surface area contributed by atoms with E-state index in [-0.39, 0.29) is 24.3 Å². The summed E-state index contributed by atoms with van der Waals surface area (Å²) >= 11 is 0. The van der Waals surface area contributed by atoms with Crippen molar-refractivity contribution in [2.45, 2.75) is 39.5 Å². The van der Waals surface area contributed by atoms with Crippen LogP contribution in [0.25, 0.3) is 0 Å². The van der Waals surface area contributed by atoms with Crippen molar-refractivity contribution in [1.82, 2.24) is 0 Å². The van der Waals surface area contributed by atoms with Gasteiger partial charge < -0.3 is 10.0 Å². The molecule has 0 aliphatic carbocycles. The molecule has 0 bridgehead atoms. The number of carboxylic acids is 1. The van der Waals surface area contributed by atoms with Crippen LogP contribution in [0.3, 0.4) is 0 Å². The lowest BCUT2D eigenvalue weighted by Crippen LogP contribution is -2.38. The number of nitrogens with zero attached hydrogens (tertiary/aromatic N) is 1. The number of aliphatic carboxylic acids is 1. The number of fused-ring (bicyclic) bond motifs is 1. The summed E-state index contributed by atoms with van der Waals surface area (Å²) in [5.74, 6) is -1.21. The van der Waals surface area contributed by atoms with Gasteiger partial charge in [-0.3, -0.25) is 9.59 Å². The van der Waals surface area contributed by atoms with Gasteiger partial charge in [0.15, 0.2) is 0 Å². The van der Waals surface area contributed by atoms with Crippen molar-refractivity contribution < 1.29 is 14.7 Å². The third-order valence-corrected chi connectivity index (χ3v) is 4.25. The van der Waals surface area contributed by atoms with Crippen LogP contribution in [0.5, 0.6) is 0 Å². The minimum Gasteiger partial charge on any atom is -0.481 e. The van der Waals surface area contributed by atoms with Gasteiger partial charge in [0.2, 0.25) is 5.91 Å². The van der Waals surface area contributed by atoms with Crippen molar-refractivity contribution in [3.8, 4) is 0 Å². The number of benzene rings is 1. The third kappa shape index (κ3) is 2.94. The molecule has 1 aromatic rings. The zero-order chi connectivity index (χ0) is 15.6. The van der Waals surface area contributed by atoms with Gasteiger partial charge in [-0.2, -0.15) is 0 Å². The SMILES string of the molecule is CCCC(C(=O)N1CC(C(=O)O)c2ccccc21)C(C)C. The smallest absolute Gasteiger partial charge is 0.312 e. The lowest BCUT2D eigenvalue weighted by molar-refractivity contribution is -0.138. The quantitative estimate of drug-likeness (QED) is 0.905. The molecule has 0 radical (unpaired) electrons. The Morgan fingerprint density at radius 1 is 1.33 bits per heavy atom. The fraction of sp³-hybridized carbons (Fsp3) is 0.529. The van der Waals surface area contributed by atoms with E-state index in [1.807, 2.05) is 24.3 Å². The zero-order valence-electron chi connectivity index (χ0n) is 12.9. The fourth-order valence-electron chi connectivity index (χ4n) is 3.08. The minimum absolute atomic E-state index is 0.0457. The molecule has 0 saturated carbocycles. The molecule has 2 rings (SSSR count). The van der Waals surface area contributed by atoms with E-state index in [4.69, 9.17) is 0 Å². The molecule has 0 saturated heterocycles. The first-order chi connectivity index (χ1) is 9.97. The summed E-state index contributed by atoms with van der Waals surface area (Å²) < 4.78 is 0. The summed E-state index contributed by atoms with van der Waals surface area (Å²) in [6.45, 7) is 6.42. The van der Waals surface area contributed by atoms with E-state index >= 15 is 0 Å². The first-order valence-corrected chi connectivity index (χ1v) is 7.60. The molecular formula is C17H23NO3. The average Bonchev–Trinajstić information content (AvgIpc) is 2.83. The highest BCUT2D eigenvalue weighted by Crippen LogP contribution is 2.38. The maximum absolute atomic E-state index is 12.8. The molecule has 1 heterocycles. The number of anilines is 1. The van der Waals surface area contributed by atoms with Crippen LogP contribution in [-0.4, -0.2) is 23.5 Å². The van der Waals surface area contributed by atoms with Gasteiger partial charge in [0.1, 0.15) is 5.92 Å². The Labute approximate surface area is 125 Å². The number of carboxylic acid groups (broad SMARTS) is 1. The Balaban J connectivity index is 2.33. The summed E-state index contributed by atoms with van der Waals surface area (Å²) in [4.78, 5) is 25.9. The number of hydrogen-bond donors (Lipinski definition) is 1. The van der Waals surface area contributed by atoms with Crippen LogP contribution in [0.1, 0.15) is 45.1 Å². The molecule has 0 spiro atoms. The van der Waals surface area contributed by atoms with E-state index in [1.165, 1.54) is 0 Å². The average molecular weight is 289 g/mol. The molecule has 1 aromatic carbocycles. The Morgan fingerprint density at radius 3 is 2.57 bits per heavy atom. The molecular weight excluding hydrogens is 266 g/mol. The van der Waals surface area contributed by atoms with Crippen LogP contribution in [0.4, 0.5) is 5.69 Å². The van der Waals surface area contributed by atoms with E-state index < -0.39 is 11.9 Å². The first kappa shape index (κ1) is 15.5. The van der Waals surface area contributed by atoms with Crippen LogP contribution in [0, 0.1) is 11.8 Å². The number of para-hydroxylation sites is 1. The van der Waals surface area contributed by atoms with E-state index in [2.05, 4.69) is 20.8 Å². The van der Waals surface area contributed by atoms with E-state index in [9.17, 15) is 14.7 Å². The number of hydrogen-bond acceptors (Lipinski definition) is 2. The largest absolute Gasteiger partial charge is 0.481 e. The topological polar surface area (TPSA) is 57.6 Å². The van der Waals surface area contributed by atoms with Crippen LogP contribution >= 0.6 is 0 Å². The molecule has 21 heavy (non-hydrogen) atoms. The van der Waals surface area contributed by atoms with Crippen LogP contribution in [-0.2, 0) is 9.59 Å². The zero-order valence-corrected chi connectivity index (χ0v) is 12.9. The van der Waals surface area contributed by atoms with E-state index in [1.54, 1.807) is 4.90 Å². The molecule has 4 heteroatoms. The molecule has 4 nitrogen and oxygen atoms in total. The highest BCUT2D eigenvalue weighted by atomic mass is 16.4. The first-order valence-electron chi connectivity index (χ1n) is 7.60. The van der Waals surface area contributed by atoms with Crippen molar-refractivity contribution in [1.29, 1.82) is 0 Å². The predicted octanol–water partition coefficient (Wildman–Crippen LogP) is 3.27. The van der Waals surface area contributed by atoms with Crippen molar-refractivity contribution in [3.63, 3.8) is 0 Å². The predicted molar refractivity (Wildman–Crippen MR) is 82.4 cm³/mol. The van der Waals surface area contributed by atoms with Gasteiger partial charge in [-0.05, 0) is 24.0 Å². The second kappa shape index (κ2) is 6.29. The fourth-order valence-corrected chi connectivity index (χ4v) is 3.08. The minimum atomic E-state index is -0.866. The van der Waals surface area contributed by atoms with Gasteiger partial charge in [0.25, 0.3) is 0 Å². The van der Waals surface area contributed by atoms with Gasteiger partial charge in [-0.15, -0.1) is 0 Å². The second-order valence-corrected chi connectivity index (χ2v) is 6.04. The molecule has 0 fully saturated rings. The van der Waals surface area contributed by atoms with E-state index in [0.29, 0.717) is 0 Å². The van der Waals surface area contributed by atoms with Crippen molar-refractivity contribution in [3.05, 3.63) is 29.8 Å². The summed E-state index contributed by atoms with van der Waals surface area (Å²) in [5.41, 5.74) is 1.51. The van der Waals surface area contributed by atoms with Crippen LogP contribution in [0.2, 0.25) is 0 Å². The van der Waals surface area contributed by atoms with E-state index in [0.717, 1.165) is 24.1 Å². The Kier molecular flexibility index (Phi) is 4.66. The van der Waals surface area contributed by atoms with Gasteiger partial charge in [-0.1, -0.05) is 45.4 Å². The van der Waals surface area contributed by atoms with Crippen molar-refractivity contribution >= 4 is 17.6 Å². The number of carbonyl (C=O) groups excluding carboxylic acids is 1. The van der Waals surface area contributed by atoms with Crippen molar-refractivity contribution in [2.75, 3.05) is 11.4 Å². The number of rotatable bonds is 5. The summed E-state index contributed by atoms with van der Waals surface area (Å²) in [6, 6.07) is 7.34. The molecule has 2 unspecified atom stereocenters. The van der Waals surface area contributed by atoms with Gasteiger partial charge in [-0.25, -0.2) is 0 Å². The highest BCUT2D eigenvalue weighted by Gasteiger charge is 2.38. The molecule has 0 aromatic heterocycles. The summed E-state index contributed by atoms with van der Waals surface area (Å²) in [7, 11) is 0. The molecule has 1 aliphatic rings. The normalized spacial score (nSPS) is 18.7. The van der Waals surface area contributed by atoms with Gasteiger partial charge in [0, 0.05) is 18.2 Å². The third-order valence-electron chi connectivity index (χ3n) is 4.25. The Bertz CT molecular complexity index is 539. The summed E-state index contributed by atoms with van der Waals surface area (Å²) in [5, 5.41) is 9.37.